The van der Waals surface area contributed by atoms with Crippen LogP contribution in [-0.4, -0.2) is 35.9 Å². The number of hydrogen-bond donors (Lipinski definition) is 2. The maximum absolute atomic E-state index is 12.1. The molecule has 1 aliphatic rings. The predicted molar refractivity (Wildman–Crippen MR) is 71.2 cm³/mol. The second kappa shape index (κ2) is 6.53. The molecule has 2 N–H and O–H groups in total. The minimum atomic E-state index is -1.04. The molecule has 0 spiro atoms. The van der Waals surface area contributed by atoms with Gasteiger partial charge >= 0.3 is 5.97 Å². The molecule has 0 aliphatic carbocycles. The van der Waals surface area contributed by atoms with E-state index in [9.17, 15) is 9.90 Å². The van der Waals surface area contributed by atoms with E-state index < -0.39 is 11.5 Å². The summed E-state index contributed by atoms with van der Waals surface area (Å²) < 4.78 is 5.15. The van der Waals surface area contributed by atoms with Gasteiger partial charge in [0.15, 0.2) is 0 Å². The number of carbonyl (C=O) groups is 1. The van der Waals surface area contributed by atoms with E-state index in [0.717, 1.165) is 25.8 Å². The summed E-state index contributed by atoms with van der Waals surface area (Å²) in [6, 6.07) is -0.0130. The summed E-state index contributed by atoms with van der Waals surface area (Å²) in [5.74, 6) is -0.620. The molecule has 0 aromatic carbocycles. The highest BCUT2D eigenvalue weighted by atomic mass is 16.5. The van der Waals surface area contributed by atoms with Crippen molar-refractivity contribution in [2.24, 2.45) is 11.8 Å². The van der Waals surface area contributed by atoms with Crippen LogP contribution in [0.4, 0.5) is 0 Å². The van der Waals surface area contributed by atoms with Crippen LogP contribution >= 0.6 is 0 Å². The SMILES string of the molecule is CCOC(=O)C(C(C)CC)C(C)(O)C1CCCN1. The first-order valence-electron chi connectivity index (χ1n) is 7.07. The number of aliphatic hydroxyl groups is 1. The normalized spacial score (nSPS) is 26.4. The Labute approximate surface area is 110 Å². The smallest absolute Gasteiger partial charge is 0.312 e. The van der Waals surface area contributed by atoms with Crippen molar-refractivity contribution in [3.05, 3.63) is 0 Å². The topological polar surface area (TPSA) is 58.6 Å². The molecule has 4 unspecified atom stereocenters. The van der Waals surface area contributed by atoms with Crippen molar-refractivity contribution in [1.29, 1.82) is 0 Å². The monoisotopic (exact) mass is 257 g/mol. The summed E-state index contributed by atoms with van der Waals surface area (Å²) >= 11 is 0. The summed E-state index contributed by atoms with van der Waals surface area (Å²) in [4.78, 5) is 12.1. The number of carbonyl (C=O) groups excluding carboxylic acids is 1. The Balaban J connectivity index is 2.89. The maximum atomic E-state index is 12.1. The van der Waals surface area contributed by atoms with E-state index in [2.05, 4.69) is 5.32 Å². The fourth-order valence-electron chi connectivity index (χ4n) is 2.91. The molecule has 0 aromatic heterocycles. The Kier molecular flexibility index (Phi) is 5.60. The van der Waals surface area contributed by atoms with Gasteiger partial charge in [-0.3, -0.25) is 4.79 Å². The molecule has 1 fully saturated rings. The maximum Gasteiger partial charge on any atom is 0.312 e. The van der Waals surface area contributed by atoms with E-state index in [0.29, 0.717) is 6.61 Å². The van der Waals surface area contributed by atoms with E-state index in [4.69, 9.17) is 4.74 Å². The lowest BCUT2D eigenvalue weighted by Crippen LogP contribution is -2.55. The molecule has 0 amide bonds. The Bertz CT molecular complexity index is 272. The Morgan fingerprint density at radius 1 is 1.56 bits per heavy atom. The highest BCUT2D eigenvalue weighted by Gasteiger charge is 2.47. The second-order valence-corrected chi connectivity index (χ2v) is 5.49. The fourth-order valence-corrected chi connectivity index (χ4v) is 2.91. The van der Waals surface area contributed by atoms with Crippen molar-refractivity contribution < 1.29 is 14.6 Å². The summed E-state index contributed by atoms with van der Waals surface area (Å²) in [7, 11) is 0. The lowest BCUT2D eigenvalue weighted by Gasteiger charge is -2.39. The zero-order chi connectivity index (χ0) is 13.8. The van der Waals surface area contributed by atoms with E-state index >= 15 is 0 Å². The molecule has 1 saturated heterocycles. The predicted octanol–water partition coefficient (Wildman–Crippen LogP) is 1.71. The Hall–Kier alpha value is -0.610. The molecular formula is C14H27NO3. The van der Waals surface area contributed by atoms with Crippen molar-refractivity contribution in [2.45, 2.75) is 58.6 Å². The van der Waals surface area contributed by atoms with Gasteiger partial charge in [-0.1, -0.05) is 20.3 Å². The highest BCUT2D eigenvalue weighted by molar-refractivity contribution is 5.74. The van der Waals surface area contributed by atoms with Crippen molar-refractivity contribution in [3.63, 3.8) is 0 Å². The molecule has 0 saturated carbocycles. The summed E-state index contributed by atoms with van der Waals surface area (Å²) in [6.45, 7) is 8.88. The molecule has 1 aliphatic heterocycles. The van der Waals surface area contributed by atoms with Crippen LogP contribution in [0, 0.1) is 11.8 Å². The fraction of sp³-hybridized carbons (Fsp3) is 0.929. The molecule has 4 heteroatoms. The first-order valence-corrected chi connectivity index (χ1v) is 7.07. The van der Waals surface area contributed by atoms with Gasteiger partial charge in [-0.05, 0) is 39.2 Å². The lowest BCUT2D eigenvalue weighted by molar-refractivity contribution is -0.163. The Morgan fingerprint density at radius 3 is 2.67 bits per heavy atom. The second-order valence-electron chi connectivity index (χ2n) is 5.49. The first kappa shape index (κ1) is 15.4. The molecule has 0 aromatic rings. The number of esters is 1. The zero-order valence-electron chi connectivity index (χ0n) is 12.0. The van der Waals surface area contributed by atoms with E-state index in [-0.39, 0.29) is 17.9 Å². The largest absolute Gasteiger partial charge is 0.466 e. The summed E-state index contributed by atoms with van der Waals surface area (Å²) in [5.41, 5.74) is -1.04. The standard InChI is InChI=1S/C14H27NO3/c1-5-10(3)12(13(16)18-6-2)14(4,17)11-8-7-9-15-11/h10-12,15,17H,5-9H2,1-4H3. The van der Waals surface area contributed by atoms with Gasteiger partial charge in [-0.25, -0.2) is 0 Å². The molecule has 106 valence electrons. The van der Waals surface area contributed by atoms with Crippen LogP contribution in [0.1, 0.15) is 47.0 Å². The van der Waals surface area contributed by atoms with Crippen molar-refractivity contribution >= 4 is 5.97 Å². The highest BCUT2D eigenvalue weighted by Crippen LogP contribution is 2.34. The van der Waals surface area contributed by atoms with Gasteiger partial charge in [0.1, 0.15) is 0 Å². The average molecular weight is 257 g/mol. The Morgan fingerprint density at radius 2 is 2.22 bits per heavy atom. The van der Waals surface area contributed by atoms with Gasteiger partial charge in [0.05, 0.1) is 18.1 Å². The van der Waals surface area contributed by atoms with E-state index in [1.54, 1.807) is 13.8 Å². The van der Waals surface area contributed by atoms with Gasteiger partial charge in [-0.15, -0.1) is 0 Å². The van der Waals surface area contributed by atoms with Crippen LogP contribution in [0.2, 0.25) is 0 Å². The zero-order valence-corrected chi connectivity index (χ0v) is 12.0. The number of rotatable bonds is 6. The van der Waals surface area contributed by atoms with E-state index in [1.165, 1.54) is 0 Å². The number of hydrogen-bond acceptors (Lipinski definition) is 4. The van der Waals surface area contributed by atoms with E-state index in [1.807, 2.05) is 13.8 Å². The average Bonchev–Trinajstić information content (AvgIpc) is 2.83. The molecular weight excluding hydrogens is 230 g/mol. The molecule has 18 heavy (non-hydrogen) atoms. The quantitative estimate of drug-likeness (QED) is 0.711. The lowest BCUT2D eigenvalue weighted by atomic mass is 9.74. The van der Waals surface area contributed by atoms with Gasteiger partial charge in [-0.2, -0.15) is 0 Å². The van der Waals surface area contributed by atoms with Crippen LogP contribution in [0.15, 0.2) is 0 Å². The van der Waals surface area contributed by atoms with Crippen LogP contribution in [0.3, 0.4) is 0 Å². The van der Waals surface area contributed by atoms with Crippen molar-refractivity contribution in [1.82, 2.24) is 5.32 Å². The molecule has 0 bridgehead atoms. The third-order valence-corrected chi connectivity index (χ3v) is 4.15. The van der Waals surface area contributed by atoms with Crippen molar-refractivity contribution in [2.75, 3.05) is 13.2 Å². The van der Waals surface area contributed by atoms with Crippen LogP contribution in [-0.2, 0) is 9.53 Å². The number of nitrogens with one attached hydrogen (secondary N) is 1. The molecule has 4 atom stereocenters. The van der Waals surface area contributed by atoms with Crippen LogP contribution in [0.5, 0.6) is 0 Å². The summed E-state index contributed by atoms with van der Waals surface area (Å²) in [5, 5.41) is 14.1. The first-order chi connectivity index (χ1) is 8.45. The van der Waals surface area contributed by atoms with Crippen LogP contribution < -0.4 is 5.32 Å². The molecule has 0 radical (unpaired) electrons. The van der Waals surface area contributed by atoms with Gasteiger partial charge in [0.25, 0.3) is 0 Å². The van der Waals surface area contributed by atoms with Gasteiger partial charge < -0.3 is 15.2 Å². The molecule has 1 heterocycles. The third-order valence-electron chi connectivity index (χ3n) is 4.15. The minimum absolute atomic E-state index is 0.0130. The number of ether oxygens (including phenoxy) is 1. The minimum Gasteiger partial charge on any atom is -0.466 e. The summed E-state index contributed by atoms with van der Waals surface area (Å²) in [6.07, 6.45) is 2.82. The third kappa shape index (κ3) is 3.23. The van der Waals surface area contributed by atoms with Gasteiger partial charge in [0, 0.05) is 6.04 Å². The van der Waals surface area contributed by atoms with Gasteiger partial charge in [0.2, 0.25) is 0 Å². The molecule has 1 rings (SSSR count). The van der Waals surface area contributed by atoms with Crippen LogP contribution in [0.25, 0.3) is 0 Å². The molecule has 4 nitrogen and oxygen atoms in total. The van der Waals surface area contributed by atoms with Crippen molar-refractivity contribution in [3.8, 4) is 0 Å².